The Morgan fingerprint density at radius 1 is 1.52 bits per heavy atom. The van der Waals surface area contributed by atoms with Crippen LogP contribution in [0.25, 0.3) is 5.82 Å². The molecule has 21 heavy (non-hydrogen) atoms. The average molecular weight is 310 g/mol. The van der Waals surface area contributed by atoms with Crippen LogP contribution in [-0.4, -0.2) is 38.6 Å². The van der Waals surface area contributed by atoms with Gasteiger partial charge in [-0.25, -0.2) is 14.5 Å². The van der Waals surface area contributed by atoms with Gasteiger partial charge < -0.3 is 10.4 Å². The molecule has 0 spiro atoms. The molecule has 2 heterocycles. The first-order valence-corrected chi connectivity index (χ1v) is 6.83. The second kappa shape index (κ2) is 7.05. The number of halogens is 1. The maximum absolute atomic E-state index is 11.6. The Morgan fingerprint density at radius 2 is 2.33 bits per heavy atom. The van der Waals surface area contributed by atoms with Gasteiger partial charge in [-0.05, 0) is 25.5 Å². The Bertz CT molecular complexity index is 614. The molecule has 1 atom stereocenters. The summed E-state index contributed by atoms with van der Waals surface area (Å²) in [5.74, 6) is 0.869. The van der Waals surface area contributed by atoms with Crippen LogP contribution in [0.4, 0.5) is 10.6 Å². The van der Waals surface area contributed by atoms with E-state index in [4.69, 9.17) is 16.7 Å². The van der Waals surface area contributed by atoms with Gasteiger partial charge in [-0.2, -0.15) is 0 Å². The minimum Gasteiger partial charge on any atom is -0.393 e. The predicted octanol–water partition coefficient (Wildman–Crippen LogP) is 1.81. The van der Waals surface area contributed by atoms with E-state index >= 15 is 0 Å². The Morgan fingerprint density at radius 3 is 3.05 bits per heavy atom. The Hall–Kier alpha value is -2.12. The molecule has 0 aromatic carbocycles. The number of carbonyl (C=O) groups excluding carboxylic acids is 1. The van der Waals surface area contributed by atoms with Crippen molar-refractivity contribution < 1.29 is 9.90 Å². The molecule has 0 aliphatic heterocycles. The summed E-state index contributed by atoms with van der Waals surface area (Å²) in [5, 5.41) is 19.0. The van der Waals surface area contributed by atoms with E-state index in [1.807, 2.05) is 0 Å². The van der Waals surface area contributed by atoms with Crippen LogP contribution in [0.3, 0.4) is 0 Å². The third kappa shape index (κ3) is 4.44. The number of anilines is 1. The van der Waals surface area contributed by atoms with E-state index in [9.17, 15) is 4.79 Å². The Balaban J connectivity index is 1.94. The number of nitrogens with one attached hydrogen (secondary N) is 2. The fourth-order valence-corrected chi connectivity index (χ4v) is 1.82. The van der Waals surface area contributed by atoms with E-state index in [0.29, 0.717) is 29.6 Å². The fraction of sp³-hybridized carbons (Fsp3) is 0.308. The number of rotatable bonds is 5. The quantitative estimate of drug-likeness (QED) is 0.785. The molecule has 0 aliphatic rings. The molecule has 7 nitrogen and oxygen atoms in total. The Kier molecular flexibility index (Phi) is 5.13. The normalized spacial score (nSPS) is 12.0. The fourth-order valence-electron chi connectivity index (χ4n) is 1.61. The maximum Gasteiger partial charge on any atom is 0.320 e. The van der Waals surface area contributed by atoms with E-state index in [1.54, 1.807) is 37.5 Å². The summed E-state index contributed by atoms with van der Waals surface area (Å²) < 4.78 is 1.48. The van der Waals surface area contributed by atoms with Crippen molar-refractivity contribution >= 4 is 23.4 Å². The van der Waals surface area contributed by atoms with Crippen LogP contribution in [0.2, 0.25) is 5.02 Å². The first-order valence-electron chi connectivity index (χ1n) is 6.46. The van der Waals surface area contributed by atoms with Crippen LogP contribution in [-0.2, 0) is 0 Å². The van der Waals surface area contributed by atoms with Crippen LogP contribution < -0.4 is 10.6 Å². The van der Waals surface area contributed by atoms with Crippen LogP contribution >= 0.6 is 11.6 Å². The number of hydrogen-bond donors (Lipinski definition) is 3. The largest absolute Gasteiger partial charge is 0.393 e. The van der Waals surface area contributed by atoms with Crippen LogP contribution in [0.15, 0.2) is 30.6 Å². The molecule has 0 aliphatic carbocycles. The molecular formula is C13H16ClN5O2. The highest BCUT2D eigenvalue weighted by Gasteiger charge is 2.08. The molecule has 0 fully saturated rings. The lowest BCUT2D eigenvalue weighted by Crippen LogP contribution is -2.31. The number of aliphatic hydroxyl groups is 1. The van der Waals surface area contributed by atoms with Crippen molar-refractivity contribution in [3.8, 4) is 5.82 Å². The summed E-state index contributed by atoms with van der Waals surface area (Å²) in [7, 11) is 0. The van der Waals surface area contributed by atoms with E-state index in [-0.39, 0.29) is 6.03 Å². The molecule has 2 aromatic rings. The highest BCUT2D eigenvalue weighted by atomic mass is 35.5. The lowest BCUT2D eigenvalue weighted by atomic mass is 10.3. The molecule has 0 saturated carbocycles. The van der Waals surface area contributed by atoms with Gasteiger partial charge in [-0.3, -0.25) is 5.32 Å². The van der Waals surface area contributed by atoms with Crippen molar-refractivity contribution in [2.45, 2.75) is 19.4 Å². The molecule has 112 valence electrons. The lowest BCUT2D eigenvalue weighted by molar-refractivity contribution is 0.184. The molecule has 2 aromatic heterocycles. The molecule has 3 N–H and O–H groups in total. The predicted molar refractivity (Wildman–Crippen MR) is 79.7 cm³/mol. The van der Waals surface area contributed by atoms with Gasteiger partial charge in [0.1, 0.15) is 0 Å². The van der Waals surface area contributed by atoms with E-state index in [2.05, 4.69) is 20.7 Å². The van der Waals surface area contributed by atoms with E-state index < -0.39 is 6.10 Å². The summed E-state index contributed by atoms with van der Waals surface area (Å²) in [4.78, 5) is 15.7. The highest BCUT2D eigenvalue weighted by Crippen LogP contribution is 2.17. The third-order valence-corrected chi connectivity index (χ3v) is 2.93. The first kappa shape index (κ1) is 15.3. The summed E-state index contributed by atoms with van der Waals surface area (Å²) >= 11 is 6.03. The van der Waals surface area contributed by atoms with Gasteiger partial charge >= 0.3 is 6.03 Å². The van der Waals surface area contributed by atoms with Gasteiger partial charge in [-0.15, -0.1) is 5.10 Å². The van der Waals surface area contributed by atoms with Gasteiger partial charge in [0.25, 0.3) is 0 Å². The van der Waals surface area contributed by atoms with Gasteiger partial charge in [-0.1, -0.05) is 11.6 Å². The molecule has 0 radical (unpaired) electrons. The minimum absolute atomic E-state index is 0.381. The summed E-state index contributed by atoms with van der Waals surface area (Å²) in [6, 6.07) is 4.69. The van der Waals surface area contributed by atoms with Crippen molar-refractivity contribution in [2.75, 3.05) is 11.9 Å². The van der Waals surface area contributed by atoms with Gasteiger partial charge in [0.05, 0.1) is 11.1 Å². The molecule has 2 amide bonds. The average Bonchev–Trinajstić information content (AvgIpc) is 2.87. The molecule has 1 unspecified atom stereocenters. The van der Waals surface area contributed by atoms with E-state index in [0.717, 1.165) is 0 Å². The topological polar surface area (TPSA) is 92.1 Å². The lowest BCUT2D eigenvalue weighted by Gasteiger charge is -2.07. The minimum atomic E-state index is -0.448. The van der Waals surface area contributed by atoms with Gasteiger partial charge in [0.15, 0.2) is 11.6 Å². The third-order valence-electron chi connectivity index (χ3n) is 2.63. The van der Waals surface area contributed by atoms with Crippen LogP contribution in [0, 0.1) is 0 Å². The van der Waals surface area contributed by atoms with E-state index in [1.165, 1.54) is 4.68 Å². The summed E-state index contributed by atoms with van der Waals surface area (Å²) in [6.45, 7) is 2.05. The second-order valence-electron chi connectivity index (χ2n) is 4.47. The smallest absolute Gasteiger partial charge is 0.320 e. The van der Waals surface area contributed by atoms with Crippen molar-refractivity contribution in [3.05, 3.63) is 35.6 Å². The Labute approximate surface area is 126 Å². The maximum atomic E-state index is 11.6. The molecular weight excluding hydrogens is 294 g/mol. The number of carbonyl (C=O) groups is 1. The molecule has 0 saturated heterocycles. The molecule has 0 bridgehead atoms. The number of nitrogens with zero attached hydrogens (tertiary/aromatic N) is 3. The monoisotopic (exact) mass is 309 g/mol. The van der Waals surface area contributed by atoms with Crippen molar-refractivity contribution in [2.24, 2.45) is 0 Å². The zero-order chi connectivity index (χ0) is 15.2. The zero-order valence-corrected chi connectivity index (χ0v) is 12.2. The number of pyridine rings is 1. The molecule has 2 rings (SSSR count). The number of aliphatic hydroxyl groups excluding tert-OH is 1. The van der Waals surface area contributed by atoms with Gasteiger partial charge in [0, 0.05) is 25.0 Å². The number of aromatic nitrogens is 3. The number of amides is 2. The van der Waals surface area contributed by atoms with Crippen molar-refractivity contribution in [1.29, 1.82) is 0 Å². The summed E-state index contributed by atoms with van der Waals surface area (Å²) in [6.07, 6.45) is 3.31. The SMILES string of the molecule is CC(O)CCNC(=O)Nc1ccn(-c2ncccc2Cl)n1. The van der Waals surface area contributed by atoms with Crippen LogP contribution in [0.5, 0.6) is 0 Å². The van der Waals surface area contributed by atoms with Crippen molar-refractivity contribution in [3.63, 3.8) is 0 Å². The van der Waals surface area contributed by atoms with Gasteiger partial charge in [0.2, 0.25) is 0 Å². The first-order chi connectivity index (χ1) is 10.1. The standard InChI is InChI=1S/C13H16ClN5O2/c1-9(20)4-7-16-13(21)17-11-5-8-19(18-11)12-10(14)3-2-6-15-12/h2-3,5-6,8-9,20H,4,7H2,1H3,(H2,16,17,18,21). The number of hydrogen-bond acceptors (Lipinski definition) is 4. The summed E-state index contributed by atoms with van der Waals surface area (Å²) in [5.41, 5.74) is 0. The second-order valence-corrected chi connectivity index (χ2v) is 4.88. The zero-order valence-electron chi connectivity index (χ0n) is 11.5. The van der Waals surface area contributed by atoms with Crippen molar-refractivity contribution in [1.82, 2.24) is 20.1 Å². The highest BCUT2D eigenvalue weighted by molar-refractivity contribution is 6.32. The van der Waals surface area contributed by atoms with Crippen LogP contribution in [0.1, 0.15) is 13.3 Å². The molecule has 8 heteroatoms. The number of urea groups is 1.